The van der Waals surface area contributed by atoms with E-state index in [4.69, 9.17) is 4.74 Å². The summed E-state index contributed by atoms with van der Waals surface area (Å²) >= 11 is 0. The van der Waals surface area contributed by atoms with Gasteiger partial charge >= 0.3 is 6.09 Å². The van der Waals surface area contributed by atoms with E-state index >= 15 is 0 Å². The molecule has 2 unspecified atom stereocenters. The van der Waals surface area contributed by atoms with Crippen LogP contribution in [0.3, 0.4) is 0 Å². The predicted octanol–water partition coefficient (Wildman–Crippen LogP) is 7.59. The molecule has 2 N–H and O–H groups in total. The molecule has 44 heavy (non-hydrogen) atoms. The first-order valence-corrected chi connectivity index (χ1v) is 14.9. The van der Waals surface area contributed by atoms with Crippen LogP contribution in [0.15, 0.2) is 97.1 Å². The van der Waals surface area contributed by atoms with Gasteiger partial charge in [-0.25, -0.2) is 4.79 Å². The fraction of sp³-hybridized carbons (Fsp3) is 0.324. The summed E-state index contributed by atoms with van der Waals surface area (Å²) in [4.78, 5) is 43.6. The monoisotopic (exact) mass is 593 g/mol. The summed E-state index contributed by atoms with van der Waals surface area (Å²) in [5, 5.41) is 7.94. The van der Waals surface area contributed by atoms with Crippen LogP contribution < -0.4 is 10.6 Å². The van der Waals surface area contributed by atoms with E-state index in [9.17, 15) is 14.4 Å². The van der Waals surface area contributed by atoms with Gasteiger partial charge in [0.25, 0.3) is 5.91 Å². The third-order valence-electron chi connectivity index (χ3n) is 7.15. The van der Waals surface area contributed by atoms with E-state index in [0.29, 0.717) is 11.3 Å². The summed E-state index contributed by atoms with van der Waals surface area (Å²) in [6, 6.07) is 28.8. The predicted molar refractivity (Wildman–Crippen MR) is 176 cm³/mol. The van der Waals surface area contributed by atoms with E-state index in [0.717, 1.165) is 21.9 Å². The number of rotatable bonds is 8. The highest BCUT2D eigenvalue weighted by molar-refractivity contribution is 6.00. The van der Waals surface area contributed by atoms with Crippen molar-refractivity contribution in [3.8, 4) is 0 Å². The number of fused-ring (bicyclic) bond motifs is 1. The van der Waals surface area contributed by atoms with Gasteiger partial charge in [-0.15, -0.1) is 0 Å². The van der Waals surface area contributed by atoms with Gasteiger partial charge in [-0.3, -0.25) is 9.59 Å². The molecular formula is C37H43N3O4. The Kier molecular flexibility index (Phi) is 9.78. The van der Waals surface area contributed by atoms with Crippen molar-refractivity contribution in [3.63, 3.8) is 0 Å². The number of nitrogens with zero attached hydrogens (tertiary/aromatic N) is 1. The lowest BCUT2D eigenvalue weighted by molar-refractivity contribution is -0.146. The van der Waals surface area contributed by atoms with Crippen LogP contribution in [0.25, 0.3) is 10.8 Å². The van der Waals surface area contributed by atoms with Gasteiger partial charge in [-0.2, -0.15) is 0 Å². The van der Waals surface area contributed by atoms with Crippen LogP contribution in [0.2, 0.25) is 0 Å². The van der Waals surface area contributed by atoms with Gasteiger partial charge in [-0.05, 0) is 82.5 Å². The average molecular weight is 594 g/mol. The second-order valence-electron chi connectivity index (χ2n) is 13.1. The van der Waals surface area contributed by atoms with Crippen molar-refractivity contribution in [2.75, 3.05) is 5.32 Å². The number of nitrogens with one attached hydrogen (secondary N) is 2. The number of ether oxygens (including phenoxy) is 1. The molecule has 4 rings (SSSR count). The molecule has 0 fully saturated rings. The highest BCUT2D eigenvalue weighted by atomic mass is 16.6. The van der Waals surface area contributed by atoms with Crippen molar-refractivity contribution in [1.82, 2.24) is 10.2 Å². The number of hydrogen-bond acceptors (Lipinski definition) is 4. The van der Waals surface area contributed by atoms with E-state index in [1.54, 1.807) is 25.7 Å². The van der Waals surface area contributed by atoms with E-state index in [2.05, 4.69) is 10.6 Å². The molecular weight excluding hydrogens is 550 g/mol. The topological polar surface area (TPSA) is 87.7 Å². The summed E-state index contributed by atoms with van der Waals surface area (Å²) in [6.07, 6.45) is -0.480. The molecule has 0 aliphatic rings. The standard InChI is InChI=1S/C37H43N3O4/c1-25-17-19-28(20-18-25)32(33(41)38-30-22-21-27-15-11-12-16-29(27)24-30)40(36(2,3)4)34(42)31(23-26-13-9-8-10-14-26)39-35(43)44-37(5,6)7/h8-22,24,31-32H,23H2,1-7H3,(H,38,41)(H,39,43). The summed E-state index contributed by atoms with van der Waals surface area (Å²) in [5.74, 6) is -0.755. The molecule has 0 heterocycles. The molecule has 4 aromatic carbocycles. The van der Waals surface area contributed by atoms with Gasteiger partial charge in [0, 0.05) is 17.6 Å². The molecule has 2 atom stereocenters. The Morgan fingerprint density at radius 1 is 0.773 bits per heavy atom. The number of carbonyl (C=O) groups excluding carboxylic acids is 3. The zero-order valence-corrected chi connectivity index (χ0v) is 26.7. The van der Waals surface area contributed by atoms with Crippen LogP contribution >= 0.6 is 0 Å². The van der Waals surface area contributed by atoms with E-state index < -0.39 is 35.2 Å². The zero-order valence-electron chi connectivity index (χ0n) is 26.7. The second kappa shape index (κ2) is 13.3. The van der Waals surface area contributed by atoms with Crippen LogP contribution in [-0.2, 0) is 20.7 Å². The van der Waals surface area contributed by atoms with E-state index in [1.165, 1.54) is 0 Å². The van der Waals surface area contributed by atoms with Gasteiger partial charge in [0.2, 0.25) is 5.91 Å². The molecule has 0 radical (unpaired) electrons. The lowest BCUT2D eigenvalue weighted by atomic mass is 9.93. The van der Waals surface area contributed by atoms with Crippen LogP contribution in [0, 0.1) is 6.92 Å². The van der Waals surface area contributed by atoms with Gasteiger partial charge in [0.1, 0.15) is 17.7 Å². The Bertz CT molecular complexity index is 1600. The normalized spacial score (nSPS) is 13.1. The Hall–Kier alpha value is -4.65. The first-order valence-electron chi connectivity index (χ1n) is 14.9. The maximum Gasteiger partial charge on any atom is 0.408 e. The molecule has 0 saturated heterocycles. The van der Waals surface area contributed by atoms with Crippen LogP contribution in [0.4, 0.5) is 10.5 Å². The summed E-state index contributed by atoms with van der Waals surface area (Å²) in [7, 11) is 0. The Morgan fingerprint density at radius 3 is 2.00 bits per heavy atom. The molecule has 0 aliphatic heterocycles. The minimum Gasteiger partial charge on any atom is -0.444 e. The van der Waals surface area contributed by atoms with Crippen LogP contribution in [0.1, 0.15) is 64.3 Å². The van der Waals surface area contributed by atoms with Gasteiger partial charge < -0.3 is 20.3 Å². The highest BCUT2D eigenvalue weighted by Gasteiger charge is 2.42. The smallest absolute Gasteiger partial charge is 0.408 e. The molecule has 0 aromatic heterocycles. The fourth-order valence-corrected chi connectivity index (χ4v) is 5.16. The van der Waals surface area contributed by atoms with E-state index in [1.807, 2.05) is 125 Å². The Morgan fingerprint density at radius 2 is 1.39 bits per heavy atom. The quantitative estimate of drug-likeness (QED) is 0.220. The lowest BCUT2D eigenvalue weighted by Gasteiger charge is -2.43. The average Bonchev–Trinajstić information content (AvgIpc) is 2.94. The summed E-state index contributed by atoms with van der Waals surface area (Å²) < 4.78 is 5.54. The number of alkyl carbamates (subject to hydrolysis) is 1. The first-order chi connectivity index (χ1) is 20.7. The first kappa shape index (κ1) is 32.3. The summed E-state index contributed by atoms with van der Waals surface area (Å²) in [5.41, 5.74) is 1.62. The highest BCUT2D eigenvalue weighted by Crippen LogP contribution is 2.32. The molecule has 7 heteroatoms. The SMILES string of the molecule is Cc1ccc(C(C(=O)Nc2ccc3ccccc3c2)N(C(=O)C(Cc2ccccc2)NC(=O)OC(C)(C)C)C(C)(C)C)cc1. The lowest BCUT2D eigenvalue weighted by Crippen LogP contribution is -2.58. The third-order valence-corrected chi connectivity index (χ3v) is 7.15. The van der Waals surface area contributed by atoms with E-state index in [-0.39, 0.29) is 12.3 Å². The molecule has 0 bridgehead atoms. The van der Waals surface area contributed by atoms with Crippen LogP contribution in [0.5, 0.6) is 0 Å². The number of amides is 3. The van der Waals surface area contributed by atoms with Crippen molar-refractivity contribution >= 4 is 34.4 Å². The number of benzene rings is 4. The van der Waals surface area contributed by atoms with Crippen molar-refractivity contribution in [2.45, 2.75) is 78.1 Å². The van der Waals surface area contributed by atoms with Crippen molar-refractivity contribution in [2.24, 2.45) is 0 Å². The maximum atomic E-state index is 14.7. The maximum absolute atomic E-state index is 14.7. The zero-order chi connectivity index (χ0) is 32.1. The minimum atomic E-state index is -0.993. The number of carbonyl (C=O) groups is 3. The third kappa shape index (κ3) is 8.47. The number of hydrogen-bond donors (Lipinski definition) is 2. The minimum absolute atomic E-state index is 0.221. The number of aryl methyl sites for hydroxylation is 1. The van der Waals surface area contributed by atoms with Crippen molar-refractivity contribution < 1.29 is 19.1 Å². The molecule has 0 aliphatic carbocycles. The molecule has 4 aromatic rings. The van der Waals surface area contributed by atoms with Gasteiger partial charge in [0.15, 0.2) is 0 Å². The molecule has 0 saturated carbocycles. The molecule has 230 valence electrons. The van der Waals surface area contributed by atoms with Gasteiger partial charge in [0.05, 0.1) is 0 Å². The molecule has 7 nitrogen and oxygen atoms in total. The molecule has 3 amide bonds. The van der Waals surface area contributed by atoms with Crippen molar-refractivity contribution in [3.05, 3.63) is 114 Å². The second-order valence-corrected chi connectivity index (χ2v) is 13.1. The van der Waals surface area contributed by atoms with Crippen molar-refractivity contribution in [1.29, 1.82) is 0 Å². The molecule has 0 spiro atoms. The Balaban J connectivity index is 1.76. The number of anilines is 1. The van der Waals surface area contributed by atoms with Gasteiger partial charge in [-0.1, -0.05) is 90.5 Å². The largest absolute Gasteiger partial charge is 0.444 e. The Labute approximate surface area is 260 Å². The summed E-state index contributed by atoms with van der Waals surface area (Å²) in [6.45, 7) is 13.0. The van der Waals surface area contributed by atoms with Crippen LogP contribution in [-0.4, -0.2) is 40.0 Å². The fourth-order valence-electron chi connectivity index (χ4n) is 5.16.